The van der Waals surface area contributed by atoms with Crippen LogP contribution >= 0.6 is 0 Å². The predicted octanol–water partition coefficient (Wildman–Crippen LogP) is 3.67. The number of fused-ring (bicyclic) bond motifs is 4. The van der Waals surface area contributed by atoms with Crippen molar-refractivity contribution in [2.24, 2.45) is 10.2 Å². The van der Waals surface area contributed by atoms with Gasteiger partial charge in [0.2, 0.25) is 21.9 Å². The van der Waals surface area contributed by atoms with Gasteiger partial charge in [0.05, 0.1) is 12.0 Å². The van der Waals surface area contributed by atoms with E-state index in [9.17, 15) is 8.42 Å². The van der Waals surface area contributed by atoms with Crippen LogP contribution in [0.2, 0.25) is 0 Å². The minimum atomic E-state index is -3.75. The van der Waals surface area contributed by atoms with Gasteiger partial charge in [0.1, 0.15) is 17.0 Å². The standard InChI is InChI=1S/C23H29N7O3S/c1-15(2)30-19-13-16-14-25-22(26-17-7-9-18(10-8-17)34(24,31)32)27-20(16)29(19)23(21(28-30)33-3)11-5-4-6-12-23/h7-10,13-15H,4-6,11-12H2,1-3H3,(H2,24,31,32)(H,25,26,27). The molecule has 3 heterocycles. The number of nitrogens with two attached hydrogens (primary N) is 1. The molecule has 1 aliphatic heterocycles. The Morgan fingerprint density at radius 3 is 2.47 bits per heavy atom. The first kappa shape index (κ1) is 22.6. The number of rotatable bonds is 4. The summed E-state index contributed by atoms with van der Waals surface area (Å²) in [5.41, 5.74) is 1.09. The molecule has 180 valence electrons. The van der Waals surface area contributed by atoms with Crippen LogP contribution in [0.25, 0.3) is 11.0 Å². The Morgan fingerprint density at radius 2 is 1.85 bits per heavy atom. The summed E-state index contributed by atoms with van der Waals surface area (Å²) in [4.78, 5) is 9.43. The molecule has 3 N–H and O–H groups in total. The number of sulfonamides is 1. The largest absolute Gasteiger partial charge is 0.481 e. The number of nitrogens with zero attached hydrogens (tertiary/aromatic N) is 5. The van der Waals surface area contributed by atoms with Gasteiger partial charge in [-0.05, 0) is 57.0 Å². The highest BCUT2D eigenvalue weighted by Gasteiger charge is 2.47. The van der Waals surface area contributed by atoms with Crippen molar-refractivity contribution in [1.82, 2.24) is 14.5 Å². The van der Waals surface area contributed by atoms with Gasteiger partial charge >= 0.3 is 0 Å². The molecule has 1 saturated carbocycles. The van der Waals surface area contributed by atoms with E-state index in [0.717, 1.165) is 48.4 Å². The number of ether oxygens (including phenoxy) is 1. The first-order chi connectivity index (χ1) is 16.2. The van der Waals surface area contributed by atoms with E-state index in [1.807, 2.05) is 5.01 Å². The second-order valence-corrected chi connectivity index (χ2v) is 10.7. The zero-order valence-corrected chi connectivity index (χ0v) is 20.3. The van der Waals surface area contributed by atoms with Crippen molar-refractivity contribution in [2.75, 3.05) is 17.4 Å². The van der Waals surface area contributed by atoms with E-state index in [-0.39, 0.29) is 16.5 Å². The molecule has 0 unspecified atom stereocenters. The second-order valence-electron chi connectivity index (χ2n) is 9.14. The van der Waals surface area contributed by atoms with Crippen LogP contribution in [0.4, 0.5) is 17.5 Å². The molecule has 1 spiro atoms. The average molecular weight is 484 g/mol. The van der Waals surface area contributed by atoms with Gasteiger partial charge in [-0.3, -0.25) is 4.57 Å². The van der Waals surface area contributed by atoms with Gasteiger partial charge in [0.25, 0.3) is 0 Å². The summed E-state index contributed by atoms with van der Waals surface area (Å²) in [6, 6.07) is 8.41. The smallest absolute Gasteiger partial charge is 0.238 e. The highest BCUT2D eigenvalue weighted by atomic mass is 32.2. The molecular formula is C23H29N7O3S. The van der Waals surface area contributed by atoms with E-state index < -0.39 is 10.0 Å². The molecule has 1 fully saturated rings. The van der Waals surface area contributed by atoms with Crippen LogP contribution in [0.1, 0.15) is 46.0 Å². The van der Waals surface area contributed by atoms with E-state index >= 15 is 0 Å². The lowest BCUT2D eigenvalue weighted by molar-refractivity contribution is 0.219. The number of hydrazone groups is 1. The average Bonchev–Trinajstić information content (AvgIpc) is 3.19. The van der Waals surface area contributed by atoms with Gasteiger partial charge in [-0.15, -0.1) is 5.10 Å². The molecule has 0 saturated heterocycles. The molecule has 34 heavy (non-hydrogen) atoms. The first-order valence-electron chi connectivity index (χ1n) is 11.4. The van der Waals surface area contributed by atoms with Crippen molar-refractivity contribution in [1.29, 1.82) is 0 Å². The summed E-state index contributed by atoms with van der Waals surface area (Å²) in [6.07, 6.45) is 7.05. The number of primary sulfonamides is 1. The Balaban J connectivity index is 1.61. The fourth-order valence-corrected chi connectivity index (χ4v) is 5.52. The molecule has 3 aromatic rings. The van der Waals surface area contributed by atoms with Crippen molar-refractivity contribution < 1.29 is 13.2 Å². The molecule has 1 aliphatic carbocycles. The number of benzene rings is 1. The van der Waals surface area contributed by atoms with Gasteiger partial charge in [-0.25, -0.2) is 23.5 Å². The van der Waals surface area contributed by atoms with Gasteiger partial charge in [-0.2, -0.15) is 4.98 Å². The Labute approximate surface area is 198 Å². The first-order valence-corrected chi connectivity index (χ1v) is 13.0. The molecule has 0 amide bonds. The molecule has 0 bridgehead atoms. The Morgan fingerprint density at radius 1 is 1.15 bits per heavy atom. The molecule has 10 nitrogen and oxygen atoms in total. The number of methoxy groups -OCH3 is 1. The Hall–Kier alpha value is -3.18. The van der Waals surface area contributed by atoms with Gasteiger partial charge in [-0.1, -0.05) is 19.3 Å². The Kier molecular flexibility index (Phi) is 5.48. The molecular weight excluding hydrogens is 454 g/mol. The van der Waals surface area contributed by atoms with Crippen molar-refractivity contribution in [3.63, 3.8) is 0 Å². The highest BCUT2D eigenvalue weighted by Crippen LogP contribution is 2.45. The van der Waals surface area contributed by atoms with Crippen LogP contribution in [0.5, 0.6) is 0 Å². The monoisotopic (exact) mass is 483 g/mol. The SMILES string of the molecule is COC1=NN(C(C)C)c2cc3cnc(Nc4ccc(S(N)(=O)=O)cc4)nc3n2C12CCCCC2. The van der Waals surface area contributed by atoms with Crippen LogP contribution in [-0.4, -0.2) is 42.0 Å². The predicted molar refractivity (Wildman–Crippen MR) is 132 cm³/mol. The van der Waals surface area contributed by atoms with E-state index in [1.54, 1.807) is 25.4 Å². The lowest BCUT2D eigenvalue weighted by Gasteiger charge is -2.44. The summed E-state index contributed by atoms with van der Waals surface area (Å²) in [5, 5.41) is 16.2. The maximum atomic E-state index is 11.5. The molecule has 11 heteroatoms. The normalized spacial score (nSPS) is 17.7. The highest BCUT2D eigenvalue weighted by molar-refractivity contribution is 7.89. The Bertz CT molecular complexity index is 1360. The molecule has 0 atom stereocenters. The molecule has 2 aliphatic rings. The van der Waals surface area contributed by atoms with Crippen LogP contribution in [0.3, 0.4) is 0 Å². The number of hydrogen-bond acceptors (Lipinski definition) is 8. The topological polar surface area (TPSA) is 128 Å². The van der Waals surface area contributed by atoms with Crippen molar-refractivity contribution in [3.8, 4) is 0 Å². The maximum absolute atomic E-state index is 11.5. The summed E-state index contributed by atoms with van der Waals surface area (Å²) < 4.78 is 31.2. The lowest BCUT2D eigenvalue weighted by atomic mass is 9.80. The third-order valence-corrected chi connectivity index (χ3v) is 7.51. The molecule has 2 aromatic heterocycles. The van der Waals surface area contributed by atoms with Gasteiger partial charge in [0, 0.05) is 23.3 Å². The maximum Gasteiger partial charge on any atom is 0.238 e. The van der Waals surface area contributed by atoms with Gasteiger partial charge in [0.15, 0.2) is 0 Å². The van der Waals surface area contributed by atoms with Crippen molar-refractivity contribution in [2.45, 2.75) is 62.4 Å². The quantitative estimate of drug-likeness (QED) is 0.579. The number of aromatic nitrogens is 3. The number of hydrogen-bond donors (Lipinski definition) is 2. The van der Waals surface area contributed by atoms with E-state index in [1.165, 1.54) is 18.6 Å². The molecule has 0 radical (unpaired) electrons. The van der Waals surface area contributed by atoms with E-state index in [0.29, 0.717) is 11.6 Å². The minimum Gasteiger partial charge on any atom is -0.481 e. The zero-order valence-electron chi connectivity index (χ0n) is 19.5. The van der Waals surface area contributed by atoms with Crippen LogP contribution in [0, 0.1) is 0 Å². The lowest BCUT2D eigenvalue weighted by Crippen LogP contribution is -2.50. The minimum absolute atomic E-state index is 0.0504. The zero-order chi connectivity index (χ0) is 24.1. The third kappa shape index (κ3) is 3.68. The van der Waals surface area contributed by atoms with Crippen molar-refractivity contribution in [3.05, 3.63) is 36.5 Å². The number of anilines is 3. The fourth-order valence-electron chi connectivity index (χ4n) is 5.01. The third-order valence-electron chi connectivity index (χ3n) is 6.58. The van der Waals surface area contributed by atoms with Crippen LogP contribution < -0.4 is 15.5 Å². The molecule has 5 rings (SSSR count). The van der Waals surface area contributed by atoms with Crippen LogP contribution in [0.15, 0.2) is 46.5 Å². The van der Waals surface area contributed by atoms with E-state index in [2.05, 4.69) is 34.8 Å². The number of nitrogens with one attached hydrogen (secondary N) is 1. The van der Waals surface area contributed by atoms with E-state index in [4.69, 9.17) is 20.0 Å². The van der Waals surface area contributed by atoms with Gasteiger partial charge < -0.3 is 10.1 Å². The van der Waals surface area contributed by atoms with Crippen LogP contribution in [-0.2, 0) is 20.3 Å². The summed E-state index contributed by atoms with van der Waals surface area (Å²) in [5.74, 6) is 2.12. The fraction of sp³-hybridized carbons (Fsp3) is 0.435. The summed E-state index contributed by atoms with van der Waals surface area (Å²) in [7, 11) is -2.06. The van der Waals surface area contributed by atoms with Crippen molar-refractivity contribution >= 4 is 44.4 Å². The summed E-state index contributed by atoms with van der Waals surface area (Å²) in [6.45, 7) is 4.20. The second kappa shape index (κ2) is 8.24. The molecule has 1 aromatic carbocycles. The summed E-state index contributed by atoms with van der Waals surface area (Å²) >= 11 is 0.